The van der Waals surface area contributed by atoms with Gasteiger partial charge in [0.25, 0.3) is 0 Å². The number of hydrogen-bond acceptors (Lipinski definition) is 4. The quantitative estimate of drug-likeness (QED) is 0.869. The molecule has 1 heterocycles. The van der Waals surface area contributed by atoms with Crippen LogP contribution in [0.25, 0.3) is 0 Å². The predicted molar refractivity (Wildman–Crippen MR) is 79.2 cm³/mol. The number of benzene rings is 1. The normalized spacial score (nSPS) is 24.6. The van der Waals surface area contributed by atoms with E-state index in [0.29, 0.717) is 11.4 Å². The van der Waals surface area contributed by atoms with E-state index in [1.54, 1.807) is 16.4 Å². The van der Waals surface area contributed by atoms with Crippen molar-refractivity contribution in [1.82, 2.24) is 4.31 Å². The third kappa shape index (κ3) is 2.62. The third-order valence-electron chi connectivity index (χ3n) is 3.89. The van der Waals surface area contributed by atoms with Crippen molar-refractivity contribution in [2.24, 2.45) is 0 Å². The molecule has 6 heteroatoms. The summed E-state index contributed by atoms with van der Waals surface area (Å²) in [6, 6.07) is 4.67. The number of rotatable bonds is 3. The monoisotopic (exact) mass is 298 g/mol. The lowest BCUT2D eigenvalue weighted by Gasteiger charge is -2.37. The maximum absolute atomic E-state index is 12.8. The molecule has 0 amide bonds. The van der Waals surface area contributed by atoms with Crippen LogP contribution in [0.2, 0.25) is 0 Å². The Bertz CT molecular complexity index is 576. The molecule has 0 bridgehead atoms. The second-order valence-electron chi connectivity index (χ2n) is 5.37. The molecule has 0 aliphatic carbocycles. The Labute approximate surface area is 120 Å². The van der Waals surface area contributed by atoms with E-state index in [1.165, 1.54) is 13.2 Å². The fraction of sp³-hybridized carbons (Fsp3) is 0.571. The van der Waals surface area contributed by atoms with Crippen LogP contribution in [0.1, 0.15) is 33.1 Å². The zero-order valence-corrected chi connectivity index (χ0v) is 13.0. The summed E-state index contributed by atoms with van der Waals surface area (Å²) in [4.78, 5) is 0.233. The van der Waals surface area contributed by atoms with E-state index in [1.807, 2.05) is 13.8 Å². The summed E-state index contributed by atoms with van der Waals surface area (Å²) in [7, 11) is -2.00. The van der Waals surface area contributed by atoms with Crippen LogP contribution in [0.5, 0.6) is 5.75 Å². The zero-order chi connectivity index (χ0) is 14.9. The average Bonchev–Trinajstić information content (AvgIpc) is 2.38. The van der Waals surface area contributed by atoms with Gasteiger partial charge in [-0.15, -0.1) is 0 Å². The molecule has 5 nitrogen and oxygen atoms in total. The molecule has 1 aromatic carbocycles. The summed E-state index contributed by atoms with van der Waals surface area (Å²) < 4.78 is 32.3. The van der Waals surface area contributed by atoms with Crippen molar-refractivity contribution in [2.75, 3.05) is 12.8 Å². The molecule has 2 N–H and O–H groups in total. The molecule has 0 radical (unpaired) electrons. The molecule has 0 saturated carbocycles. The van der Waals surface area contributed by atoms with Crippen LogP contribution in [0.4, 0.5) is 5.69 Å². The van der Waals surface area contributed by atoms with E-state index < -0.39 is 10.0 Å². The second kappa shape index (κ2) is 5.61. The van der Waals surface area contributed by atoms with Gasteiger partial charge >= 0.3 is 0 Å². The lowest BCUT2D eigenvalue weighted by molar-refractivity contribution is 0.204. The van der Waals surface area contributed by atoms with E-state index in [2.05, 4.69) is 0 Å². The standard InChI is InChI=1S/C14H22N2O3S/c1-10-5-4-6-11(2)16(10)20(17,18)12-7-8-14(19-3)13(15)9-12/h7-11H,4-6,15H2,1-3H3/t10-,11+. The van der Waals surface area contributed by atoms with E-state index in [4.69, 9.17) is 10.5 Å². The number of nitrogens with zero attached hydrogens (tertiary/aromatic N) is 1. The molecule has 1 fully saturated rings. The van der Waals surface area contributed by atoms with Gasteiger partial charge in [-0.3, -0.25) is 0 Å². The van der Waals surface area contributed by atoms with E-state index in [-0.39, 0.29) is 17.0 Å². The first-order chi connectivity index (χ1) is 9.37. The van der Waals surface area contributed by atoms with Crippen LogP contribution in [0, 0.1) is 0 Å². The summed E-state index contributed by atoms with van der Waals surface area (Å²) >= 11 is 0. The van der Waals surface area contributed by atoms with Crippen molar-refractivity contribution in [2.45, 2.75) is 50.1 Å². The van der Waals surface area contributed by atoms with E-state index in [0.717, 1.165) is 19.3 Å². The third-order valence-corrected chi connectivity index (χ3v) is 6.01. The zero-order valence-electron chi connectivity index (χ0n) is 12.2. The first kappa shape index (κ1) is 15.1. The van der Waals surface area contributed by atoms with Crippen molar-refractivity contribution in [3.63, 3.8) is 0 Å². The molecule has 0 aromatic heterocycles. The number of nitrogen functional groups attached to an aromatic ring is 1. The minimum absolute atomic E-state index is 0.0204. The van der Waals surface area contributed by atoms with Crippen molar-refractivity contribution in [1.29, 1.82) is 0 Å². The summed E-state index contributed by atoms with van der Waals surface area (Å²) in [5.74, 6) is 0.490. The van der Waals surface area contributed by atoms with Crippen molar-refractivity contribution in [3.05, 3.63) is 18.2 Å². The number of sulfonamides is 1. The molecule has 112 valence electrons. The van der Waals surface area contributed by atoms with Gasteiger partial charge in [0.1, 0.15) is 5.75 Å². The minimum Gasteiger partial charge on any atom is -0.495 e. The fourth-order valence-corrected chi connectivity index (χ4v) is 4.78. The summed E-state index contributed by atoms with van der Waals surface area (Å²) in [6.45, 7) is 3.92. The molecule has 2 atom stereocenters. The minimum atomic E-state index is -3.51. The molecule has 1 aromatic rings. The smallest absolute Gasteiger partial charge is 0.243 e. The van der Waals surface area contributed by atoms with E-state index >= 15 is 0 Å². The van der Waals surface area contributed by atoms with Crippen LogP contribution < -0.4 is 10.5 Å². The Morgan fingerprint density at radius 3 is 2.35 bits per heavy atom. The lowest BCUT2D eigenvalue weighted by Crippen LogP contribution is -2.47. The number of piperidine rings is 1. The highest BCUT2D eigenvalue weighted by molar-refractivity contribution is 7.89. The van der Waals surface area contributed by atoms with Crippen LogP contribution >= 0.6 is 0 Å². The highest BCUT2D eigenvalue weighted by Gasteiger charge is 2.35. The molecular weight excluding hydrogens is 276 g/mol. The molecule has 2 rings (SSSR count). The van der Waals surface area contributed by atoms with Gasteiger partial charge in [0.15, 0.2) is 0 Å². The fourth-order valence-electron chi connectivity index (χ4n) is 2.87. The Morgan fingerprint density at radius 1 is 1.25 bits per heavy atom. The molecular formula is C14H22N2O3S. The summed E-state index contributed by atoms with van der Waals surface area (Å²) in [5, 5.41) is 0. The Morgan fingerprint density at radius 2 is 1.85 bits per heavy atom. The van der Waals surface area contributed by atoms with Crippen LogP contribution in [0.15, 0.2) is 23.1 Å². The number of hydrogen-bond donors (Lipinski definition) is 1. The van der Waals surface area contributed by atoms with Gasteiger partial charge in [0, 0.05) is 12.1 Å². The number of nitrogens with two attached hydrogens (primary N) is 1. The molecule has 20 heavy (non-hydrogen) atoms. The van der Waals surface area contributed by atoms with Gasteiger partial charge in [-0.1, -0.05) is 6.42 Å². The van der Waals surface area contributed by atoms with Gasteiger partial charge in [-0.25, -0.2) is 8.42 Å². The van der Waals surface area contributed by atoms with Crippen LogP contribution in [-0.2, 0) is 10.0 Å². The first-order valence-electron chi connectivity index (χ1n) is 6.85. The lowest BCUT2D eigenvalue weighted by atomic mass is 10.0. The predicted octanol–water partition coefficient (Wildman–Crippen LogP) is 2.23. The second-order valence-corrected chi connectivity index (χ2v) is 7.21. The number of anilines is 1. The van der Waals surface area contributed by atoms with Gasteiger partial charge < -0.3 is 10.5 Å². The largest absolute Gasteiger partial charge is 0.495 e. The molecule has 1 aliphatic heterocycles. The Kier molecular flexibility index (Phi) is 4.25. The van der Waals surface area contributed by atoms with Crippen molar-refractivity contribution in [3.8, 4) is 5.75 Å². The Hall–Kier alpha value is -1.27. The SMILES string of the molecule is COc1ccc(S(=O)(=O)N2[C@H](C)CCC[C@@H]2C)cc1N. The topological polar surface area (TPSA) is 72.6 Å². The average molecular weight is 298 g/mol. The molecule has 1 saturated heterocycles. The van der Waals surface area contributed by atoms with Crippen LogP contribution in [0.3, 0.4) is 0 Å². The first-order valence-corrected chi connectivity index (χ1v) is 8.29. The summed E-state index contributed by atoms with van der Waals surface area (Å²) in [5.41, 5.74) is 6.16. The molecule has 0 spiro atoms. The number of methoxy groups -OCH3 is 1. The Balaban J connectivity index is 2.41. The molecule has 1 aliphatic rings. The van der Waals surface area contributed by atoms with Gasteiger partial charge in [-0.05, 0) is 44.9 Å². The maximum Gasteiger partial charge on any atom is 0.243 e. The van der Waals surface area contributed by atoms with Crippen LogP contribution in [-0.4, -0.2) is 31.9 Å². The van der Waals surface area contributed by atoms with Crippen molar-refractivity contribution < 1.29 is 13.2 Å². The van der Waals surface area contributed by atoms with Crippen molar-refractivity contribution >= 4 is 15.7 Å². The van der Waals surface area contributed by atoms with Gasteiger partial charge in [-0.2, -0.15) is 4.31 Å². The summed E-state index contributed by atoms with van der Waals surface area (Å²) in [6.07, 6.45) is 2.86. The van der Waals surface area contributed by atoms with Gasteiger partial charge in [0.05, 0.1) is 17.7 Å². The van der Waals surface area contributed by atoms with E-state index in [9.17, 15) is 8.42 Å². The number of ether oxygens (including phenoxy) is 1. The maximum atomic E-state index is 12.8. The highest BCUT2D eigenvalue weighted by atomic mass is 32.2. The van der Waals surface area contributed by atoms with Gasteiger partial charge in [0.2, 0.25) is 10.0 Å². The highest BCUT2D eigenvalue weighted by Crippen LogP contribution is 2.32. The molecule has 0 unspecified atom stereocenters.